The lowest BCUT2D eigenvalue weighted by Gasteiger charge is -2.29. The fourth-order valence-corrected chi connectivity index (χ4v) is 4.55. The van der Waals surface area contributed by atoms with Crippen LogP contribution in [0.4, 0.5) is 10.1 Å². The van der Waals surface area contributed by atoms with Gasteiger partial charge in [0.25, 0.3) is 0 Å². The molecule has 0 spiro atoms. The Balaban J connectivity index is 1.67. The summed E-state index contributed by atoms with van der Waals surface area (Å²) in [5.74, 6) is -0.444. The molecule has 0 radical (unpaired) electrons. The smallest absolute Gasteiger partial charge is 0.174 e. The Morgan fingerprint density at radius 3 is 2.48 bits per heavy atom. The second kappa shape index (κ2) is 8.13. The van der Waals surface area contributed by atoms with Gasteiger partial charge >= 0.3 is 0 Å². The van der Waals surface area contributed by atoms with Gasteiger partial charge in [0.15, 0.2) is 5.11 Å². The summed E-state index contributed by atoms with van der Waals surface area (Å²) in [5.41, 5.74) is 3.62. The first-order valence-corrected chi connectivity index (χ1v) is 10.6. The summed E-state index contributed by atoms with van der Waals surface area (Å²) < 4.78 is 15.8. The number of thiocarbonyl (C=S) groups is 1. The number of nitrogens with zero attached hydrogens (tertiary/aromatic N) is 3. The normalized spacial score (nSPS) is 18.3. The fraction of sp³-hybridized carbons (Fsp3) is 0.0833. The summed E-state index contributed by atoms with van der Waals surface area (Å²) in [6, 6.07) is 24.3. The quantitative estimate of drug-likeness (QED) is 0.397. The average Bonchev–Trinajstić information content (AvgIpc) is 3.41. The topological polar surface area (TPSA) is 33.1 Å². The SMILES string of the molecule is Fc1ccc(-n2cccc2[C@@H]2[C@H](c3ccccn3)NC(=S)N2c2ccccc2)cc1Cl. The molecule has 4 nitrogen and oxygen atoms in total. The Hall–Kier alpha value is -3.22. The van der Waals surface area contributed by atoms with Gasteiger partial charge in [0.1, 0.15) is 11.9 Å². The first kappa shape index (κ1) is 19.7. The van der Waals surface area contributed by atoms with Gasteiger partial charge in [-0.25, -0.2) is 4.39 Å². The molecule has 5 rings (SSSR count). The largest absolute Gasteiger partial charge is 0.351 e. The van der Waals surface area contributed by atoms with Gasteiger partial charge in [-0.3, -0.25) is 4.98 Å². The highest BCUT2D eigenvalue weighted by Gasteiger charge is 2.42. The summed E-state index contributed by atoms with van der Waals surface area (Å²) in [4.78, 5) is 6.69. The number of rotatable bonds is 4. The number of para-hydroxylation sites is 1. The predicted octanol–water partition coefficient (Wildman–Crippen LogP) is 5.84. The van der Waals surface area contributed by atoms with Crippen LogP contribution in [0.5, 0.6) is 0 Å². The van der Waals surface area contributed by atoms with E-state index in [2.05, 4.69) is 15.2 Å². The minimum atomic E-state index is -0.444. The molecule has 0 saturated carbocycles. The minimum absolute atomic E-state index is 0.0819. The lowest BCUT2D eigenvalue weighted by Crippen LogP contribution is -2.30. The van der Waals surface area contributed by atoms with Crippen LogP contribution < -0.4 is 10.2 Å². The molecule has 7 heteroatoms. The first-order valence-electron chi connectivity index (χ1n) is 9.82. The summed E-state index contributed by atoms with van der Waals surface area (Å²) in [6.45, 7) is 0. The second-order valence-corrected chi connectivity index (χ2v) is 8.03. The van der Waals surface area contributed by atoms with Crippen LogP contribution >= 0.6 is 23.8 Å². The van der Waals surface area contributed by atoms with Gasteiger partial charge in [-0.05, 0) is 66.8 Å². The molecule has 1 aliphatic heterocycles. The molecule has 0 amide bonds. The Morgan fingerprint density at radius 2 is 1.74 bits per heavy atom. The lowest BCUT2D eigenvalue weighted by molar-refractivity contribution is 0.549. The van der Waals surface area contributed by atoms with Crippen molar-refractivity contribution in [1.29, 1.82) is 0 Å². The van der Waals surface area contributed by atoms with E-state index in [1.165, 1.54) is 6.07 Å². The molecule has 4 aromatic rings. The molecule has 1 aliphatic rings. The number of anilines is 1. The highest BCUT2D eigenvalue weighted by molar-refractivity contribution is 7.80. The first-order chi connectivity index (χ1) is 15.1. The molecule has 1 saturated heterocycles. The molecule has 0 bridgehead atoms. The third-order valence-corrected chi connectivity index (χ3v) is 6.00. The fourth-order valence-electron chi connectivity index (χ4n) is 4.03. The minimum Gasteiger partial charge on any atom is -0.351 e. The molecule has 2 atom stereocenters. The van der Waals surface area contributed by atoms with E-state index in [1.807, 2.05) is 71.4 Å². The molecule has 0 aliphatic carbocycles. The predicted molar refractivity (Wildman–Crippen MR) is 125 cm³/mol. The van der Waals surface area contributed by atoms with Crippen molar-refractivity contribution in [3.05, 3.63) is 113 Å². The number of halogens is 2. The summed E-state index contributed by atoms with van der Waals surface area (Å²) in [7, 11) is 0. The summed E-state index contributed by atoms with van der Waals surface area (Å²) in [5, 5.41) is 4.16. The van der Waals surface area contributed by atoms with Gasteiger partial charge in [0, 0.05) is 29.5 Å². The Bertz CT molecular complexity index is 1230. The van der Waals surface area contributed by atoms with Crippen LogP contribution in [0.15, 0.2) is 91.3 Å². The van der Waals surface area contributed by atoms with E-state index < -0.39 is 5.82 Å². The van der Waals surface area contributed by atoms with E-state index in [9.17, 15) is 4.39 Å². The van der Waals surface area contributed by atoms with Crippen molar-refractivity contribution in [3.8, 4) is 5.69 Å². The number of hydrogen-bond acceptors (Lipinski definition) is 2. The molecular weight excluding hydrogens is 431 g/mol. The van der Waals surface area contributed by atoms with Crippen molar-refractivity contribution in [1.82, 2.24) is 14.9 Å². The molecule has 0 unspecified atom stereocenters. The maximum atomic E-state index is 13.8. The summed E-state index contributed by atoms with van der Waals surface area (Å²) in [6.07, 6.45) is 3.72. The lowest BCUT2D eigenvalue weighted by atomic mass is 10.0. The van der Waals surface area contributed by atoms with Crippen molar-refractivity contribution in [2.24, 2.45) is 0 Å². The standard InChI is InChI=1S/C24H18ClFN4S/c25-18-15-17(11-12-19(18)26)29-14-6-10-21(29)23-22(20-9-4-5-13-27-20)28-24(31)30(23)16-7-2-1-3-8-16/h1-15,22-23H,(H,28,31)/t22-,23+/m0/s1. The van der Waals surface area contributed by atoms with Crippen molar-refractivity contribution in [2.45, 2.75) is 12.1 Å². The number of benzene rings is 2. The number of aromatic nitrogens is 2. The van der Waals surface area contributed by atoms with E-state index in [-0.39, 0.29) is 17.1 Å². The van der Waals surface area contributed by atoms with Crippen molar-refractivity contribution < 1.29 is 4.39 Å². The second-order valence-electron chi connectivity index (χ2n) is 7.23. The maximum absolute atomic E-state index is 13.8. The molecule has 1 fully saturated rings. The van der Waals surface area contributed by atoms with Gasteiger partial charge in [0.2, 0.25) is 0 Å². The molecular formula is C24H18ClFN4S. The molecule has 31 heavy (non-hydrogen) atoms. The van der Waals surface area contributed by atoms with E-state index in [0.29, 0.717) is 5.11 Å². The Morgan fingerprint density at radius 1 is 0.935 bits per heavy atom. The molecule has 3 heterocycles. The van der Waals surface area contributed by atoms with E-state index in [1.54, 1.807) is 18.3 Å². The van der Waals surface area contributed by atoms with Crippen LogP contribution in [0.2, 0.25) is 5.02 Å². The van der Waals surface area contributed by atoms with Crippen molar-refractivity contribution in [2.75, 3.05) is 4.90 Å². The Kier molecular flexibility index (Phi) is 5.18. The highest BCUT2D eigenvalue weighted by atomic mass is 35.5. The van der Waals surface area contributed by atoms with Gasteiger partial charge < -0.3 is 14.8 Å². The van der Waals surface area contributed by atoms with E-state index in [0.717, 1.165) is 22.8 Å². The van der Waals surface area contributed by atoms with E-state index >= 15 is 0 Å². The highest BCUT2D eigenvalue weighted by Crippen LogP contribution is 2.42. The van der Waals surface area contributed by atoms with Crippen LogP contribution in [-0.4, -0.2) is 14.7 Å². The zero-order valence-corrected chi connectivity index (χ0v) is 17.9. The van der Waals surface area contributed by atoms with E-state index in [4.69, 9.17) is 23.8 Å². The zero-order valence-electron chi connectivity index (χ0n) is 16.3. The van der Waals surface area contributed by atoms with Gasteiger partial charge in [0.05, 0.1) is 16.8 Å². The molecule has 2 aromatic carbocycles. The zero-order chi connectivity index (χ0) is 21.4. The van der Waals surface area contributed by atoms with Crippen LogP contribution in [0, 0.1) is 5.82 Å². The Labute approximate surface area is 189 Å². The third kappa shape index (κ3) is 3.58. The molecule has 154 valence electrons. The van der Waals surface area contributed by atoms with Crippen LogP contribution in [0.3, 0.4) is 0 Å². The monoisotopic (exact) mass is 448 g/mol. The van der Waals surface area contributed by atoms with Gasteiger partial charge in [-0.1, -0.05) is 35.9 Å². The summed E-state index contributed by atoms with van der Waals surface area (Å²) >= 11 is 11.8. The number of nitrogens with one attached hydrogen (secondary N) is 1. The van der Waals surface area contributed by atoms with Gasteiger partial charge in [-0.2, -0.15) is 0 Å². The third-order valence-electron chi connectivity index (χ3n) is 5.40. The molecule has 2 aromatic heterocycles. The van der Waals surface area contributed by atoms with Gasteiger partial charge in [-0.15, -0.1) is 0 Å². The maximum Gasteiger partial charge on any atom is 0.174 e. The number of pyridine rings is 1. The average molecular weight is 449 g/mol. The van der Waals surface area contributed by atoms with Crippen molar-refractivity contribution >= 4 is 34.6 Å². The van der Waals surface area contributed by atoms with Crippen molar-refractivity contribution in [3.63, 3.8) is 0 Å². The van der Waals surface area contributed by atoms with Crippen LogP contribution in [0.25, 0.3) is 5.69 Å². The van der Waals surface area contributed by atoms with Crippen LogP contribution in [0.1, 0.15) is 23.5 Å². The molecule has 1 N–H and O–H groups in total. The number of hydrogen-bond donors (Lipinski definition) is 1. The van der Waals surface area contributed by atoms with Crippen LogP contribution in [-0.2, 0) is 0 Å².